The first-order valence-electron chi connectivity index (χ1n) is 1.02. The van der Waals surface area contributed by atoms with Crippen molar-refractivity contribution in [3.8, 4) is 0 Å². The Kier molecular flexibility index (Phi) is 58.0. The molecular formula is C2H8MgOTi. The number of aliphatic hydroxyl groups is 1. The fourth-order valence-electron chi connectivity index (χ4n) is 0. The third-order valence-corrected chi connectivity index (χ3v) is 0. The van der Waals surface area contributed by atoms with Crippen molar-refractivity contribution in [2.75, 3.05) is 6.61 Å². The van der Waals surface area contributed by atoms with Crippen LogP contribution in [0.25, 0.3) is 0 Å². The third-order valence-electron chi connectivity index (χ3n) is 0. The Bertz CT molecular complexity index is 15.7. The van der Waals surface area contributed by atoms with Crippen molar-refractivity contribution in [3.63, 3.8) is 0 Å². The molecular weight excluding hydrogens is 112 g/mol. The Morgan fingerprint density at radius 1 is 1.80 bits per heavy atom. The van der Waals surface area contributed by atoms with Crippen LogP contribution in [0.15, 0.2) is 0 Å². The van der Waals surface area contributed by atoms with Gasteiger partial charge in [-0.1, -0.05) is 0 Å². The van der Waals surface area contributed by atoms with E-state index in [4.69, 9.17) is 5.11 Å². The van der Waals surface area contributed by atoms with Gasteiger partial charge in [-0.15, -0.1) is 0 Å². The quantitative estimate of drug-likeness (QED) is 0.440. The molecule has 0 aromatic rings. The van der Waals surface area contributed by atoms with Crippen molar-refractivity contribution in [2.45, 2.75) is 6.92 Å². The van der Waals surface area contributed by atoms with Crippen molar-refractivity contribution < 1.29 is 29.7 Å². The zero-order valence-electron chi connectivity index (χ0n) is 5.36. The van der Waals surface area contributed by atoms with Crippen LogP contribution in [0.4, 0.5) is 0 Å². The molecule has 0 bridgehead atoms. The zero-order valence-corrected chi connectivity index (χ0v) is 6.34. The van der Waals surface area contributed by atoms with Crippen molar-refractivity contribution in [1.29, 1.82) is 0 Å². The number of aliphatic hydroxyl groups excluding tert-OH is 1. The normalized spacial score (nSPS) is 3.60. The molecule has 28 valence electrons. The van der Waals surface area contributed by atoms with Crippen molar-refractivity contribution in [2.24, 2.45) is 0 Å². The summed E-state index contributed by atoms with van der Waals surface area (Å²) in [7, 11) is 0. The molecule has 0 aliphatic heterocycles. The molecule has 0 aliphatic rings. The fraction of sp³-hybridized carbons (Fsp3) is 1.00. The molecule has 0 fully saturated rings. The molecule has 0 radical (unpaired) electrons. The monoisotopic (exact) mass is 120 g/mol. The molecule has 0 aromatic carbocycles. The summed E-state index contributed by atoms with van der Waals surface area (Å²) in [5, 5.41) is 7.57. The van der Waals surface area contributed by atoms with Gasteiger partial charge < -0.3 is 7.96 Å². The topological polar surface area (TPSA) is 20.2 Å². The molecule has 0 rings (SSSR count). The summed E-state index contributed by atoms with van der Waals surface area (Å²) in [5.74, 6) is 0. The minimum absolute atomic E-state index is 0. The Morgan fingerprint density at radius 3 is 1.80 bits per heavy atom. The van der Waals surface area contributed by atoms with Crippen LogP contribution in [0.5, 0.6) is 0 Å². The average molecular weight is 120 g/mol. The van der Waals surface area contributed by atoms with E-state index in [0.29, 0.717) is 0 Å². The molecule has 1 nitrogen and oxygen atoms in total. The van der Waals surface area contributed by atoms with Crippen LogP contribution >= 0.6 is 0 Å². The number of hydrogen-bond acceptors (Lipinski definition) is 1. The summed E-state index contributed by atoms with van der Waals surface area (Å²) >= 11 is 0. The minimum Gasteiger partial charge on any atom is -1.00 e. The van der Waals surface area contributed by atoms with E-state index in [2.05, 4.69) is 0 Å². The van der Waals surface area contributed by atoms with Crippen LogP contribution in [0.2, 0.25) is 0 Å². The maximum absolute atomic E-state index is 7.57. The molecule has 0 heterocycles. The van der Waals surface area contributed by atoms with E-state index >= 15 is 0 Å². The van der Waals surface area contributed by atoms with Crippen molar-refractivity contribution >= 4 is 23.1 Å². The predicted molar refractivity (Wildman–Crippen MR) is 20.7 cm³/mol. The number of rotatable bonds is 0. The van der Waals surface area contributed by atoms with Gasteiger partial charge in [0.25, 0.3) is 0 Å². The minimum atomic E-state index is 0. The van der Waals surface area contributed by atoms with Crippen LogP contribution in [-0.2, 0) is 21.7 Å². The first kappa shape index (κ1) is 16.1. The average Bonchev–Trinajstić information content (AvgIpc) is 0.918. The van der Waals surface area contributed by atoms with E-state index in [0.717, 1.165) is 0 Å². The van der Waals surface area contributed by atoms with E-state index in [1.54, 1.807) is 6.92 Å². The molecule has 0 spiro atoms. The second kappa shape index (κ2) is 18.0. The Hall–Kier alpha value is 1.44. The Labute approximate surface area is 66.1 Å². The van der Waals surface area contributed by atoms with Gasteiger partial charge in [0, 0.05) is 28.3 Å². The van der Waals surface area contributed by atoms with Gasteiger partial charge in [-0.25, -0.2) is 0 Å². The summed E-state index contributed by atoms with van der Waals surface area (Å²) in [6.45, 7) is 1.93. The predicted octanol–water partition coefficient (Wildman–Crippen LogP) is -0.160. The first-order chi connectivity index (χ1) is 1.41. The third kappa shape index (κ3) is 31.0. The molecule has 1 N–H and O–H groups in total. The Morgan fingerprint density at radius 2 is 1.80 bits per heavy atom. The molecule has 0 saturated carbocycles. The number of hydrogen-bond donors (Lipinski definition) is 1. The molecule has 0 atom stereocenters. The molecule has 0 unspecified atom stereocenters. The van der Waals surface area contributed by atoms with E-state index in [9.17, 15) is 0 Å². The van der Waals surface area contributed by atoms with Crippen LogP contribution < -0.4 is 0 Å². The molecule has 0 aliphatic carbocycles. The van der Waals surface area contributed by atoms with Crippen molar-refractivity contribution in [3.05, 3.63) is 0 Å². The molecule has 0 saturated heterocycles. The van der Waals surface area contributed by atoms with Gasteiger partial charge in [0.05, 0.1) is 0 Å². The fourth-order valence-corrected chi connectivity index (χ4v) is 0. The summed E-state index contributed by atoms with van der Waals surface area (Å²) < 4.78 is 0. The van der Waals surface area contributed by atoms with Crippen LogP contribution in [0.3, 0.4) is 0 Å². The molecule has 0 aromatic heterocycles. The second-order valence-electron chi connectivity index (χ2n) is 0.316. The summed E-state index contributed by atoms with van der Waals surface area (Å²) in [5.41, 5.74) is 0. The SMILES string of the molecule is CCO.[H-].[H-].[Mg+2].[Ti]. The maximum atomic E-state index is 7.57. The largest absolute Gasteiger partial charge is 2.00 e. The molecule has 5 heavy (non-hydrogen) atoms. The van der Waals surface area contributed by atoms with Gasteiger partial charge in [0.2, 0.25) is 0 Å². The van der Waals surface area contributed by atoms with Gasteiger partial charge in [0.1, 0.15) is 0 Å². The second-order valence-corrected chi connectivity index (χ2v) is 0.316. The molecule has 3 heteroatoms. The maximum Gasteiger partial charge on any atom is 2.00 e. The van der Waals surface area contributed by atoms with E-state index < -0.39 is 0 Å². The van der Waals surface area contributed by atoms with E-state index in [1.807, 2.05) is 0 Å². The van der Waals surface area contributed by atoms with E-state index in [-0.39, 0.29) is 54.2 Å². The van der Waals surface area contributed by atoms with Crippen LogP contribution in [0, 0.1) is 0 Å². The van der Waals surface area contributed by atoms with Gasteiger partial charge >= 0.3 is 23.1 Å². The summed E-state index contributed by atoms with van der Waals surface area (Å²) in [6.07, 6.45) is 0. The van der Waals surface area contributed by atoms with Gasteiger partial charge in [0.15, 0.2) is 0 Å². The molecule has 0 amide bonds. The summed E-state index contributed by atoms with van der Waals surface area (Å²) in [4.78, 5) is 0. The smallest absolute Gasteiger partial charge is 1.00 e. The van der Waals surface area contributed by atoms with Crippen LogP contribution in [0.1, 0.15) is 9.78 Å². The standard InChI is InChI=1S/C2H6O.Mg.Ti.2H/c1-2-3;;;;/h3H,2H2,1H3;;;;/q;+2;;2*-1. The Balaban J connectivity index is -0.00000000333. The first-order valence-corrected chi connectivity index (χ1v) is 1.02. The van der Waals surface area contributed by atoms with Gasteiger partial charge in [-0.05, 0) is 6.92 Å². The van der Waals surface area contributed by atoms with E-state index in [1.165, 1.54) is 0 Å². The zero-order chi connectivity index (χ0) is 2.71. The van der Waals surface area contributed by atoms with Crippen molar-refractivity contribution in [1.82, 2.24) is 0 Å². The van der Waals surface area contributed by atoms with Crippen LogP contribution in [-0.4, -0.2) is 34.8 Å². The van der Waals surface area contributed by atoms with Gasteiger partial charge in [-0.3, -0.25) is 0 Å². The summed E-state index contributed by atoms with van der Waals surface area (Å²) in [6, 6.07) is 0. The van der Waals surface area contributed by atoms with Gasteiger partial charge in [-0.2, -0.15) is 0 Å².